The zero-order valence-corrected chi connectivity index (χ0v) is 15.0. The van der Waals surface area contributed by atoms with Crippen molar-refractivity contribution in [3.8, 4) is 0 Å². The van der Waals surface area contributed by atoms with Gasteiger partial charge >= 0.3 is 5.97 Å². The maximum absolute atomic E-state index is 12.8. The minimum absolute atomic E-state index is 0.00426. The molecule has 0 spiro atoms. The molecule has 1 amide bonds. The van der Waals surface area contributed by atoms with Crippen molar-refractivity contribution in [3.05, 3.63) is 34.9 Å². The zero-order chi connectivity index (χ0) is 18.0. The fourth-order valence-electron chi connectivity index (χ4n) is 3.50. The lowest BCUT2D eigenvalue weighted by molar-refractivity contribution is -0.143. The molecule has 2 fully saturated rings. The lowest BCUT2D eigenvalue weighted by Crippen LogP contribution is -2.50. The van der Waals surface area contributed by atoms with Crippen molar-refractivity contribution in [1.29, 1.82) is 0 Å². The molecule has 3 rings (SSSR count). The number of aliphatic carboxylic acids is 1. The summed E-state index contributed by atoms with van der Waals surface area (Å²) in [4.78, 5) is 27.1. The molecular formula is C18H23ClN2O4. The fourth-order valence-corrected chi connectivity index (χ4v) is 3.77. The first-order chi connectivity index (χ1) is 12.0. The van der Waals surface area contributed by atoms with Gasteiger partial charge in [-0.15, -0.1) is 0 Å². The van der Waals surface area contributed by atoms with Crippen LogP contribution in [0.15, 0.2) is 24.3 Å². The molecule has 1 aliphatic heterocycles. The van der Waals surface area contributed by atoms with E-state index in [0.29, 0.717) is 26.2 Å². The Balaban J connectivity index is 1.54. The first-order valence-electron chi connectivity index (χ1n) is 8.51. The third-order valence-corrected chi connectivity index (χ3v) is 5.13. The van der Waals surface area contributed by atoms with Crippen LogP contribution in [0.25, 0.3) is 0 Å². The summed E-state index contributed by atoms with van der Waals surface area (Å²) in [7, 11) is 1.74. The molecule has 6 nitrogen and oxygen atoms in total. The molecule has 1 N–H and O–H groups in total. The Labute approximate surface area is 152 Å². The van der Waals surface area contributed by atoms with Crippen LogP contribution in [0.5, 0.6) is 0 Å². The Kier molecular flexibility index (Phi) is 5.61. The molecule has 0 unspecified atom stereocenters. The molecule has 7 heteroatoms. The van der Waals surface area contributed by atoms with Gasteiger partial charge in [-0.25, -0.2) is 0 Å². The second-order valence-electron chi connectivity index (χ2n) is 6.84. The van der Waals surface area contributed by atoms with E-state index in [0.717, 1.165) is 17.0 Å². The summed E-state index contributed by atoms with van der Waals surface area (Å²) in [5.74, 6) is -0.515. The highest BCUT2D eigenvalue weighted by molar-refractivity contribution is 6.31. The van der Waals surface area contributed by atoms with Gasteiger partial charge in [0.25, 0.3) is 0 Å². The van der Waals surface area contributed by atoms with Gasteiger partial charge in [-0.2, -0.15) is 0 Å². The Bertz CT molecular complexity index is 654. The average Bonchev–Trinajstić information content (AvgIpc) is 3.34. The average molecular weight is 367 g/mol. The maximum atomic E-state index is 12.8. The molecule has 1 aliphatic carbocycles. The summed E-state index contributed by atoms with van der Waals surface area (Å²) in [5.41, 5.74) is 1.05. The monoisotopic (exact) mass is 366 g/mol. The standard InChI is InChI=1S/C18H23ClN2O4/c1-20(11-17(22)23)9-12-10-21(6-7-25-12)18(24)15-8-14(15)13-4-2-3-5-16(13)19/h2-5,12,14-15H,6-11H2,1H3,(H,22,23)/t12-,14+,15+/m1/s1. The third kappa shape index (κ3) is 4.51. The Morgan fingerprint density at radius 2 is 2.16 bits per heavy atom. The van der Waals surface area contributed by atoms with E-state index in [2.05, 4.69) is 0 Å². The van der Waals surface area contributed by atoms with Crippen molar-refractivity contribution in [1.82, 2.24) is 9.80 Å². The van der Waals surface area contributed by atoms with Crippen molar-refractivity contribution >= 4 is 23.5 Å². The van der Waals surface area contributed by atoms with Gasteiger partial charge in [0.15, 0.2) is 0 Å². The fraction of sp³-hybridized carbons (Fsp3) is 0.556. The highest BCUT2D eigenvalue weighted by Gasteiger charge is 2.47. The zero-order valence-electron chi connectivity index (χ0n) is 14.2. The van der Waals surface area contributed by atoms with E-state index in [9.17, 15) is 9.59 Å². The second kappa shape index (κ2) is 7.72. The van der Waals surface area contributed by atoms with E-state index in [1.54, 1.807) is 11.9 Å². The second-order valence-corrected chi connectivity index (χ2v) is 7.24. The van der Waals surface area contributed by atoms with Crippen LogP contribution >= 0.6 is 11.6 Å². The van der Waals surface area contributed by atoms with E-state index in [1.165, 1.54) is 0 Å². The summed E-state index contributed by atoms with van der Waals surface area (Å²) >= 11 is 6.24. The van der Waals surface area contributed by atoms with Gasteiger partial charge in [0.1, 0.15) is 0 Å². The van der Waals surface area contributed by atoms with Crippen molar-refractivity contribution in [3.63, 3.8) is 0 Å². The number of halogens is 1. The number of likely N-dealkylation sites (N-methyl/N-ethyl adjacent to an activating group) is 1. The van der Waals surface area contributed by atoms with E-state index >= 15 is 0 Å². The van der Waals surface area contributed by atoms with Gasteiger partial charge in [0, 0.05) is 30.6 Å². The molecule has 0 aromatic heterocycles. The molecule has 0 bridgehead atoms. The lowest BCUT2D eigenvalue weighted by Gasteiger charge is -2.34. The first-order valence-corrected chi connectivity index (χ1v) is 8.88. The molecular weight excluding hydrogens is 344 g/mol. The van der Waals surface area contributed by atoms with Crippen molar-refractivity contribution < 1.29 is 19.4 Å². The van der Waals surface area contributed by atoms with Crippen LogP contribution in [-0.4, -0.2) is 72.7 Å². The molecule has 25 heavy (non-hydrogen) atoms. The predicted molar refractivity (Wildman–Crippen MR) is 93.8 cm³/mol. The number of hydrogen-bond donors (Lipinski definition) is 1. The van der Waals surface area contributed by atoms with Gasteiger partial charge in [0.2, 0.25) is 5.91 Å². The quantitative estimate of drug-likeness (QED) is 0.829. The first kappa shape index (κ1) is 18.2. The largest absolute Gasteiger partial charge is 0.480 e. The maximum Gasteiger partial charge on any atom is 0.317 e. The molecule has 1 saturated carbocycles. The van der Waals surface area contributed by atoms with Crippen molar-refractivity contribution in [2.45, 2.75) is 18.4 Å². The summed E-state index contributed by atoms with van der Waals surface area (Å²) in [6.45, 7) is 2.04. The van der Waals surface area contributed by atoms with Gasteiger partial charge in [0.05, 0.1) is 19.3 Å². The molecule has 1 heterocycles. The predicted octanol–water partition coefficient (Wildman–Crippen LogP) is 1.69. The van der Waals surface area contributed by atoms with Crippen LogP contribution in [-0.2, 0) is 14.3 Å². The number of morpholine rings is 1. The lowest BCUT2D eigenvalue weighted by atomic mass is 10.1. The molecule has 1 aromatic carbocycles. The number of nitrogens with zero attached hydrogens (tertiary/aromatic N) is 2. The summed E-state index contributed by atoms with van der Waals surface area (Å²) < 4.78 is 5.69. The number of carboxylic acid groups (broad SMARTS) is 1. The Hall–Kier alpha value is -1.63. The van der Waals surface area contributed by atoms with Gasteiger partial charge in [-0.05, 0) is 31.0 Å². The van der Waals surface area contributed by atoms with Crippen LogP contribution in [0.1, 0.15) is 17.9 Å². The van der Waals surface area contributed by atoms with Crippen LogP contribution < -0.4 is 0 Å². The van der Waals surface area contributed by atoms with Gasteiger partial charge < -0.3 is 14.7 Å². The van der Waals surface area contributed by atoms with Crippen LogP contribution in [0.4, 0.5) is 0 Å². The summed E-state index contributed by atoms with van der Waals surface area (Å²) in [6.07, 6.45) is 0.684. The van der Waals surface area contributed by atoms with Crippen LogP contribution in [0, 0.1) is 5.92 Å². The van der Waals surface area contributed by atoms with Crippen molar-refractivity contribution in [2.24, 2.45) is 5.92 Å². The summed E-state index contributed by atoms with van der Waals surface area (Å²) in [5, 5.41) is 9.56. The number of hydrogen-bond acceptors (Lipinski definition) is 4. The minimum atomic E-state index is -0.869. The number of amides is 1. The molecule has 1 saturated heterocycles. The topological polar surface area (TPSA) is 70.1 Å². The molecule has 0 radical (unpaired) electrons. The van der Waals surface area contributed by atoms with Gasteiger partial charge in [-0.1, -0.05) is 29.8 Å². The number of benzene rings is 1. The van der Waals surface area contributed by atoms with Crippen LogP contribution in [0.3, 0.4) is 0 Å². The number of rotatable bonds is 6. The van der Waals surface area contributed by atoms with E-state index in [-0.39, 0.29) is 30.4 Å². The smallest absolute Gasteiger partial charge is 0.317 e. The highest BCUT2D eigenvalue weighted by Crippen LogP contribution is 2.50. The third-order valence-electron chi connectivity index (χ3n) is 4.78. The van der Waals surface area contributed by atoms with E-state index in [4.69, 9.17) is 21.4 Å². The number of ether oxygens (including phenoxy) is 1. The number of carbonyl (C=O) groups excluding carboxylic acids is 1. The van der Waals surface area contributed by atoms with E-state index < -0.39 is 5.97 Å². The normalized spacial score (nSPS) is 25.9. The Morgan fingerprint density at radius 1 is 1.40 bits per heavy atom. The Morgan fingerprint density at radius 3 is 2.88 bits per heavy atom. The molecule has 3 atom stereocenters. The van der Waals surface area contributed by atoms with Crippen molar-refractivity contribution in [2.75, 3.05) is 39.8 Å². The van der Waals surface area contributed by atoms with Crippen LogP contribution in [0.2, 0.25) is 5.02 Å². The van der Waals surface area contributed by atoms with E-state index in [1.807, 2.05) is 29.2 Å². The number of carboxylic acids is 1. The molecule has 1 aromatic rings. The SMILES string of the molecule is CN(CC(=O)O)C[C@@H]1CN(C(=O)[C@H]2C[C@H]2c2ccccc2Cl)CCO1. The molecule has 136 valence electrons. The minimum Gasteiger partial charge on any atom is -0.480 e. The number of carbonyl (C=O) groups is 2. The molecule has 2 aliphatic rings. The highest BCUT2D eigenvalue weighted by atomic mass is 35.5. The summed E-state index contributed by atoms with van der Waals surface area (Å²) in [6, 6.07) is 7.69. The van der Waals surface area contributed by atoms with Gasteiger partial charge in [-0.3, -0.25) is 14.5 Å².